The Hall–Kier alpha value is -1.95. The van der Waals surface area contributed by atoms with Crippen LogP contribution in [0.1, 0.15) is 17.0 Å². The monoisotopic (exact) mass is 313 g/mol. The minimum absolute atomic E-state index is 0.751. The maximum atomic E-state index is 5.31. The van der Waals surface area contributed by atoms with Crippen molar-refractivity contribution in [2.75, 3.05) is 37.6 Å². The quantitative estimate of drug-likeness (QED) is 0.856. The molecule has 4 heterocycles. The first-order valence-electron chi connectivity index (χ1n) is 8.35. The van der Waals surface area contributed by atoms with Crippen molar-refractivity contribution in [3.05, 3.63) is 35.6 Å². The summed E-state index contributed by atoms with van der Waals surface area (Å²) in [5.74, 6) is 3.61. The van der Waals surface area contributed by atoms with Gasteiger partial charge in [-0.15, -0.1) is 0 Å². The van der Waals surface area contributed by atoms with Crippen LogP contribution in [-0.4, -0.2) is 52.7 Å². The van der Waals surface area contributed by atoms with E-state index < -0.39 is 0 Å². The Morgan fingerprint density at radius 2 is 1.96 bits per heavy atom. The molecule has 0 aromatic carbocycles. The van der Waals surface area contributed by atoms with E-state index >= 15 is 0 Å². The van der Waals surface area contributed by atoms with E-state index in [9.17, 15) is 0 Å². The number of hydrogen-bond donors (Lipinski definition) is 0. The lowest BCUT2D eigenvalue weighted by atomic mass is 10.0. The predicted molar refractivity (Wildman–Crippen MR) is 87.3 cm³/mol. The number of aryl methyl sites for hydroxylation is 2. The molecule has 0 N–H and O–H groups in total. The van der Waals surface area contributed by atoms with Gasteiger partial charge in [-0.25, -0.2) is 9.97 Å². The molecule has 2 aliphatic rings. The van der Waals surface area contributed by atoms with Crippen molar-refractivity contribution in [1.29, 1.82) is 0 Å². The molecule has 0 saturated carbocycles. The summed E-state index contributed by atoms with van der Waals surface area (Å²) in [6, 6.07) is 2.04. The molecule has 2 unspecified atom stereocenters. The molecule has 2 aromatic heterocycles. The molecule has 6 nitrogen and oxygen atoms in total. The first kappa shape index (κ1) is 14.6. The molecular formula is C17H23N5O. The number of hydrogen-bond acceptors (Lipinski definition) is 6. The van der Waals surface area contributed by atoms with Crippen LogP contribution < -0.4 is 4.90 Å². The topological polar surface area (TPSA) is 58.3 Å². The minimum Gasteiger partial charge on any atom is -0.361 e. The Bertz CT molecular complexity index is 671. The van der Waals surface area contributed by atoms with E-state index in [2.05, 4.69) is 31.8 Å². The molecular weight excluding hydrogens is 290 g/mol. The van der Waals surface area contributed by atoms with Crippen LogP contribution in [0.5, 0.6) is 0 Å². The van der Waals surface area contributed by atoms with Gasteiger partial charge >= 0.3 is 0 Å². The second-order valence-corrected chi connectivity index (χ2v) is 6.90. The number of aromatic nitrogens is 3. The van der Waals surface area contributed by atoms with Gasteiger partial charge in [-0.05, 0) is 25.7 Å². The SMILES string of the molecule is Cc1cc(CCN2CC3CN(c4ncncc4C)CC3C2)on1. The van der Waals surface area contributed by atoms with Gasteiger partial charge in [0.15, 0.2) is 0 Å². The highest BCUT2D eigenvalue weighted by atomic mass is 16.5. The molecule has 0 radical (unpaired) electrons. The smallest absolute Gasteiger partial charge is 0.138 e. The van der Waals surface area contributed by atoms with Crippen LogP contribution >= 0.6 is 0 Å². The summed E-state index contributed by atoms with van der Waals surface area (Å²) in [5.41, 5.74) is 2.14. The Balaban J connectivity index is 1.32. The molecule has 2 atom stereocenters. The van der Waals surface area contributed by atoms with Crippen molar-refractivity contribution >= 4 is 5.82 Å². The van der Waals surface area contributed by atoms with Gasteiger partial charge in [-0.1, -0.05) is 5.16 Å². The summed E-state index contributed by atoms with van der Waals surface area (Å²) >= 11 is 0. The predicted octanol–water partition coefficient (Wildman–Crippen LogP) is 1.69. The molecule has 2 aliphatic heterocycles. The number of rotatable bonds is 4. The van der Waals surface area contributed by atoms with Gasteiger partial charge in [0.2, 0.25) is 0 Å². The molecule has 0 amide bonds. The zero-order chi connectivity index (χ0) is 15.8. The third kappa shape index (κ3) is 2.95. The molecule has 23 heavy (non-hydrogen) atoms. The lowest BCUT2D eigenvalue weighted by molar-refractivity contribution is 0.299. The van der Waals surface area contributed by atoms with Crippen molar-refractivity contribution in [2.45, 2.75) is 20.3 Å². The van der Waals surface area contributed by atoms with Crippen molar-refractivity contribution in [2.24, 2.45) is 11.8 Å². The molecule has 0 bridgehead atoms. The first-order valence-corrected chi connectivity index (χ1v) is 8.35. The zero-order valence-corrected chi connectivity index (χ0v) is 13.8. The second kappa shape index (κ2) is 5.92. The van der Waals surface area contributed by atoms with Crippen molar-refractivity contribution in [1.82, 2.24) is 20.0 Å². The van der Waals surface area contributed by atoms with Crippen molar-refractivity contribution < 1.29 is 4.52 Å². The van der Waals surface area contributed by atoms with Crippen LogP contribution in [-0.2, 0) is 6.42 Å². The molecule has 2 saturated heterocycles. The van der Waals surface area contributed by atoms with Crippen LogP contribution in [0, 0.1) is 25.7 Å². The highest BCUT2D eigenvalue weighted by molar-refractivity contribution is 5.46. The number of likely N-dealkylation sites (tertiary alicyclic amines) is 1. The van der Waals surface area contributed by atoms with Gasteiger partial charge in [0.25, 0.3) is 0 Å². The lowest BCUT2D eigenvalue weighted by Crippen LogP contribution is -2.30. The van der Waals surface area contributed by atoms with Crippen LogP contribution in [0.25, 0.3) is 0 Å². The summed E-state index contributed by atoms with van der Waals surface area (Å²) < 4.78 is 5.31. The Morgan fingerprint density at radius 1 is 1.17 bits per heavy atom. The maximum absolute atomic E-state index is 5.31. The fourth-order valence-electron chi connectivity index (χ4n) is 3.97. The molecule has 6 heteroatoms. The van der Waals surface area contributed by atoms with Crippen LogP contribution in [0.3, 0.4) is 0 Å². The van der Waals surface area contributed by atoms with Crippen LogP contribution in [0.2, 0.25) is 0 Å². The van der Waals surface area contributed by atoms with Gasteiger partial charge in [0, 0.05) is 57.0 Å². The molecule has 4 rings (SSSR count). The fourth-order valence-corrected chi connectivity index (χ4v) is 3.97. The number of anilines is 1. The van der Waals surface area contributed by atoms with Crippen molar-refractivity contribution in [3.63, 3.8) is 0 Å². The molecule has 0 spiro atoms. The Morgan fingerprint density at radius 3 is 2.61 bits per heavy atom. The minimum atomic E-state index is 0.751. The number of nitrogens with zero attached hydrogens (tertiary/aromatic N) is 5. The van der Waals surface area contributed by atoms with Crippen LogP contribution in [0.4, 0.5) is 5.82 Å². The third-order valence-electron chi connectivity index (χ3n) is 5.08. The Kier molecular flexibility index (Phi) is 3.77. The average molecular weight is 313 g/mol. The van der Waals surface area contributed by atoms with E-state index in [1.165, 1.54) is 18.7 Å². The van der Waals surface area contributed by atoms with Gasteiger partial charge in [0.1, 0.15) is 17.9 Å². The highest BCUT2D eigenvalue weighted by Gasteiger charge is 2.40. The summed E-state index contributed by atoms with van der Waals surface area (Å²) in [4.78, 5) is 13.6. The second-order valence-electron chi connectivity index (χ2n) is 6.90. The summed E-state index contributed by atoms with van der Waals surface area (Å²) in [6.07, 6.45) is 4.51. The number of fused-ring (bicyclic) bond motifs is 1. The highest BCUT2D eigenvalue weighted by Crippen LogP contribution is 2.34. The van der Waals surface area contributed by atoms with E-state index in [1.807, 2.05) is 19.2 Å². The van der Waals surface area contributed by atoms with Gasteiger partial charge in [-0.3, -0.25) is 0 Å². The lowest BCUT2D eigenvalue weighted by Gasteiger charge is -2.22. The summed E-state index contributed by atoms with van der Waals surface area (Å²) in [6.45, 7) is 9.71. The maximum Gasteiger partial charge on any atom is 0.138 e. The van der Waals surface area contributed by atoms with E-state index in [1.54, 1.807) is 6.33 Å². The molecule has 2 aromatic rings. The standard InChI is InChI=1S/C17H23N5O/c1-12-6-18-11-19-17(12)22-9-14-7-21(8-15(14)10-22)4-3-16-5-13(2)20-23-16/h5-6,11,14-15H,3-4,7-10H2,1-2H3. The van der Waals surface area contributed by atoms with Crippen LogP contribution in [0.15, 0.2) is 23.1 Å². The van der Waals surface area contributed by atoms with Gasteiger partial charge in [-0.2, -0.15) is 0 Å². The molecule has 122 valence electrons. The molecule has 0 aliphatic carbocycles. The van der Waals surface area contributed by atoms with E-state index in [-0.39, 0.29) is 0 Å². The van der Waals surface area contributed by atoms with E-state index in [0.717, 1.165) is 55.2 Å². The van der Waals surface area contributed by atoms with Gasteiger partial charge < -0.3 is 14.3 Å². The third-order valence-corrected chi connectivity index (χ3v) is 5.08. The Labute approximate surface area is 136 Å². The average Bonchev–Trinajstić information content (AvgIpc) is 3.20. The summed E-state index contributed by atoms with van der Waals surface area (Å²) in [5, 5.41) is 3.96. The van der Waals surface area contributed by atoms with E-state index in [0.29, 0.717) is 0 Å². The molecule has 2 fully saturated rings. The van der Waals surface area contributed by atoms with E-state index in [4.69, 9.17) is 4.52 Å². The van der Waals surface area contributed by atoms with Gasteiger partial charge in [0.05, 0.1) is 5.69 Å². The normalized spacial score (nSPS) is 24.3. The zero-order valence-electron chi connectivity index (χ0n) is 13.8. The van der Waals surface area contributed by atoms with Crippen molar-refractivity contribution in [3.8, 4) is 0 Å². The first-order chi connectivity index (χ1) is 11.2. The summed E-state index contributed by atoms with van der Waals surface area (Å²) in [7, 11) is 0. The largest absolute Gasteiger partial charge is 0.361 e. The fraction of sp³-hybridized carbons (Fsp3) is 0.588.